The van der Waals surface area contributed by atoms with Gasteiger partial charge < -0.3 is 25.6 Å². The Morgan fingerprint density at radius 3 is 2.52 bits per heavy atom. The quantitative estimate of drug-likeness (QED) is 0.298. The van der Waals surface area contributed by atoms with Crippen molar-refractivity contribution in [2.24, 2.45) is 12.8 Å². The van der Waals surface area contributed by atoms with Crippen LogP contribution in [0.1, 0.15) is 55.0 Å². The highest BCUT2D eigenvalue weighted by atomic mass is 19.2. The van der Waals surface area contributed by atoms with Crippen molar-refractivity contribution in [1.29, 1.82) is 0 Å². The number of aliphatic hydroxyl groups excluding tert-OH is 1. The number of anilines is 1. The Balaban J connectivity index is 1.41. The Morgan fingerprint density at radius 2 is 1.82 bits per heavy atom. The maximum Gasteiger partial charge on any atom is 0.168 e. The molecule has 13 heteroatoms. The van der Waals surface area contributed by atoms with Gasteiger partial charge in [0.1, 0.15) is 41.1 Å². The zero-order chi connectivity index (χ0) is 28.6. The molecule has 0 spiro atoms. The van der Waals surface area contributed by atoms with Crippen molar-refractivity contribution in [3.8, 4) is 11.3 Å². The van der Waals surface area contributed by atoms with Gasteiger partial charge in [0.15, 0.2) is 6.23 Å². The summed E-state index contributed by atoms with van der Waals surface area (Å²) in [7, 11) is 1.65. The average Bonchev–Trinajstić information content (AvgIpc) is 3.19. The third kappa shape index (κ3) is 5.55. The zero-order valence-electron chi connectivity index (χ0n) is 21.7. The molecule has 0 amide bonds. The molecule has 0 aliphatic carbocycles. The number of pyridine rings is 1. The molecule has 8 nitrogen and oxygen atoms in total. The maximum absolute atomic E-state index is 15.3. The Kier molecular flexibility index (Phi) is 8.09. The van der Waals surface area contributed by atoms with Crippen molar-refractivity contribution < 1.29 is 36.5 Å². The van der Waals surface area contributed by atoms with Gasteiger partial charge in [0, 0.05) is 39.1 Å². The normalized spacial score (nSPS) is 23.9. The summed E-state index contributed by atoms with van der Waals surface area (Å²) in [6.45, 7) is 0.0230. The molecule has 4 atom stereocenters. The summed E-state index contributed by atoms with van der Waals surface area (Å²) in [5, 5.41) is 17.9. The van der Waals surface area contributed by atoms with Gasteiger partial charge in [-0.1, -0.05) is 0 Å². The first kappa shape index (κ1) is 28.4. The van der Waals surface area contributed by atoms with Crippen LogP contribution in [0.5, 0.6) is 0 Å². The van der Waals surface area contributed by atoms with E-state index < -0.39 is 58.9 Å². The molecule has 3 aromatic rings. The van der Waals surface area contributed by atoms with Gasteiger partial charge in [-0.3, -0.25) is 4.68 Å². The highest BCUT2D eigenvalue weighted by molar-refractivity contribution is 5.63. The number of nitrogens with two attached hydrogens (primary N) is 1. The number of aromatic nitrogens is 3. The lowest BCUT2D eigenvalue weighted by atomic mass is 9.87. The molecular weight excluding hydrogens is 537 g/mol. The number of nitrogens with one attached hydrogen (secondary N) is 1. The van der Waals surface area contributed by atoms with E-state index in [0.717, 1.165) is 24.3 Å². The van der Waals surface area contributed by atoms with E-state index in [1.54, 1.807) is 7.05 Å². The summed E-state index contributed by atoms with van der Waals surface area (Å²) < 4.78 is 86.8. The lowest BCUT2D eigenvalue weighted by Crippen LogP contribution is -2.32. The molecule has 2 saturated heterocycles. The number of halogens is 5. The highest BCUT2D eigenvalue weighted by Gasteiger charge is 2.36. The van der Waals surface area contributed by atoms with Gasteiger partial charge in [0.05, 0.1) is 35.4 Å². The van der Waals surface area contributed by atoms with E-state index in [9.17, 15) is 13.9 Å². The molecule has 2 aromatic heterocycles. The maximum atomic E-state index is 15.3. The molecular formula is C27H30F5N5O3. The minimum absolute atomic E-state index is 0.0609. The second-order valence-corrected chi connectivity index (χ2v) is 10.2. The fraction of sp³-hybridized carbons (Fsp3) is 0.481. The molecule has 0 bridgehead atoms. The van der Waals surface area contributed by atoms with Crippen molar-refractivity contribution in [3.05, 3.63) is 64.9 Å². The number of aryl methyl sites for hydroxylation is 1. The number of alkyl halides is 2. The van der Waals surface area contributed by atoms with Crippen molar-refractivity contribution in [1.82, 2.24) is 14.8 Å². The van der Waals surface area contributed by atoms with Crippen molar-refractivity contribution in [2.75, 3.05) is 25.1 Å². The summed E-state index contributed by atoms with van der Waals surface area (Å²) in [5.74, 6) is -3.41. The van der Waals surface area contributed by atoms with Crippen LogP contribution in [-0.4, -0.2) is 51.9 Å². The van der Waals surface area contributed by atoms with Gasteiger partial charge in [0.25, 0.3) is 0 Å². The standard InChI is InChI=1S/C27H30F5N5O3/c1-37-25(22-5-3-19(33)18(31)13-40-22)21(12-34-37)36-26(38)20-4-2-15(28)24(35-20)23-16(29)10-14(11-17(23)30)27(32)6-8-39-9-7-27/h2,4,10-12,18-19,22,26,36,38H,3,5-9,13,33H2,1H3/t18-,19-,22+,26?/m1/s1. The molecule has 0 radical (unpaired) electrons. The number of aliphatic hydroxyl groups is 1. The molecule has 2 fully saturated rings. The Bertz CT molecular complexity index is 1330. The molecule has 1 aromatic carbocycles. The van der Waals surface area contributed by atoms with Crippen LogP contribution in [0.15, 0.2) is 30.5 Å². The minimum Gasteiger partial charge on any atom is -0.381 e. The van der Waals surface area contributed by atoms with Gasteiger partial charge >= 0.3 is 0 Å². The largest absolute Gasteiger partial charge is 0.381 e. The van der Waals surface area contributed by atoms with Crippen LogP contribution < -0.4 is 11.1 Å². The number of hydrogen-bond acceptors (Lipinski definition) is 7. The third-order valence-corrected chi connectivity index (χ3v) is 7.49. The lowest BCUT2D eigenvalue weighted by molar-refractivity contribution is -0.0117. The van der Waals surface area contributed by atoms with Gasteiger partial charge in [-0.2, -0.15) is 5.10 Å². The Labute approximate surface area is 227 Å². The van der Waals surface area contributed by atoms with Crippen LogP contribution >= 0.6 is 0 Å². The van der Waals surface area contributed by atoms with Crippen LogP contribution in [0.4, 0.5) is 27.6 Å². The first-order valence-corrected chi connectivity index (χ1v) is 13.0. The summed E-state index contributed by atoms with van der Waals surface area (Å²) in [6, 6.07) is 3.10. The second-order valence-electron chi connectivity index (χ2n) is 10.2. The molecule has 40 heavy (non-hydrogen) atoms. The molecule has 5 rings (SSSR count). The average molecular weight is 568 g/mol. The summed E-state index contributed by atoms with van der Waals surface area (Å²) in [6.07, 6.45) is -1.35. The van der Waals surface area contributed by atoms with Crippen LogP contribution in [0.2, 0.25) is 0 Å². The molecule has 0 saturated carbocycles. The van der Waals surface area contributed by atoms with Crippen LogP contribution in [0.25, 0.3) is 11.3 Å². The van der Waals surface area contributed by atoms with Gasteiger partial charge in [0.2, 0.25) is 0 Å². The molecule has 216 valence electrons. The van der Waals surface area contributed by atoms with E-state index in [1.165, 1.54) is 10.9 Å². The summed E-state index contributed by atoms with van der Waals surface area (Å²) in [5.41, 5.74) is 2.91. The van der Waals surface area contributed by atoms with Crippen molar-refractivity contribution in [2.45, 2.75) is 55.9 Å². The van der Waals surface area contributed by atoms with E-state index in [4.69, 9.17) is 15.2 Å². The fourth-order valence-corrected chi connectivity index (χ4v) is 5.14. The lowest BCUT2D eigenvalue weighted by Gasteiger charge is -2.30. The molecule has 4 N–H and O–H groups in total. The van der Waals surface area contributed by atoms with E-state index >= 15 is 13.2 Å². The molecule has 2 aliphatic rings. The molecule has 2 aliphatic heterocycles. The minimum atomic E-state index is -1.97. The Hall–Kier alpha value is -3.13. The Morgan fingerprint density at radius 1 is 1.12 bits per heavy atom. The van der Waals surface area contributed by atoms with E-state index in [2.05, 4.69) is 15.4 Å². The van der Waals surface area contributed by atoms with E-state index in [0.29, 0.717) is 24.2 Å². The monoisotopic (exact) mass is 567 g/mol. The first-order chi connectivity index (χ1) is 19.1. The zero-order valence-corrected chi connectivity index (χ0v) is 21.7. The topological polar surface area (TPSA) is 107 Å². The van der Waals surface area contributed by atoms with Crippen LogP contribution in [-0.2, 0) is 22.2 Å². The number of ether oxygens (including phenoxy) is 2. The number of hydrogen-bond donors (Lipinski definition) is 3. The van der Waals surface area contributed by atoms with Crippen LogP contribution in [0, 0.1) is 17.5 Å². The molecule has 4 heterocycles. The van der Waals surface area contributed by atoms with E-state index in [1.807, 2.05) is 0 Å². The first-order valence-electron chi connectivity index (χ1n) is 13.0. The number of nitrogens with zero attached hydrogens (tertiary/aromatic N) is 3. The summed E-state index contributed by atoms with van der Waals surface area (Å²) in [4.78, 5) is 4.00. The molecule has 1 unspecified atom stereocenters. The van der Waals surface area contributed by atoms with Gasteiger partial charge in [-0.05, 0) is 42.7 Å². The van der Waals surface area contributed by atoms with Gasteiger partial charge in [-0.15, -0.1) is 0 Å². The fourth-order valence-electron chi connectivity index (χ4n) is 5.14. The number of rotatable bonds is 6. The predicted octanol–water partition coefficient (Wildman–Crippen LogP) is 4.49. The van der Waals surface area contributed by atoms with Crippen molar-refractivity contribution in [3.63, 3.8) is 0 Å². The van der Waals surface area contributed by atoms with Crippen molar-refractivity contribution >= 4 is 5.69 Å². The number of benzene rings is 1. The van der Waals surface area contributed by atoms with E-state index in [-0.39, 0.29) is 43.9 Å². The second kappa shape index (κ2) is 11.4. The third-order valence-electron chi connectivity index (χ3n) is 7.49. The summed E-state index contributed by atoms with van der Waals surface area (Å²) >= 11 is 0. The van der Waals surface area contributed by atoms with Crippen LogP contribution in [0.3, 0.4) is 0 Å². The highest BCUT2D eigenvalue weighted by Crippen LogP contribution is 2.40. The smallest absolute Gasteiger partial charge is 0.168 e. The predicted molar refractivity (Wildman–Crippen MR) is 135 cm³/mol. The SMILES string of the molecule is Cn1ncc(NC(O)c2ccc(F)c(-c3c(F)cc(C4(F)CCOCC4)cc3F)n2)c1[C@@H]1CC[C@@H](N)[C@H](F)CO1. The van der Waals surface area contributed by atoms with Gasteiger partial charge in [-0.25, -0.2) is 26.9 Å².